The van der Waals surface area contributed by atoms with Crippen LogP contribution in [0.4, 0.5) is 5.69 Å². The van der Waals surface area contributed by atoms with E-state index >= 15 is 0 Å². The molecule has 1 fully saturated rings. The summed E-state index contributed by atoms with van der Waals surface area (Å²) in [6, 6.07) is 9.69. The van der Waals surface area contributed by atoms with Crippen LogP contribution in [0, 0.1) is 0 Å². The number of thioether (sulfide) groups is 1. The zero-order chi connectivity index (χ0) is 16.9. The van der Waals surface area contributed by atoms with Crippen molar-refractivity contribution in [3.05, 3.63) is 71.0 Å². The lowest BCUT2D eigenvalue weighted by Gasteiger charge is -1.97. The summed E-state index contributed by atoms with van der Waals surface area (Å²) in [7, 11) is 0. The number of aromatic carboxylic acids is 1. The first-order chi connectivity index (χ1) is 11.6. The Kier molecular flexibility index (Phi) is 4.62. The number of furan rings is 1. The van der Waals surface area contributed by atoms with E-state index in [2.05, 4.69) is 10.3 Å². The van der Waals surface area contributed by atoms with Crippen molar-refractivity contribution in [2.24, 2.45) is 4.99 Å². The molecule has 1 amide bonds. The predicted molar refractivity (Wildman–Crippen MR) is 92.1 cm³/mol. The smallest absolute Gasteiger partial charge is 0.335 e. The standard InChI is InChI=1S/C17H12N2O4S/c20-15-14(5-1-3-13-4-2-10-23-13)24-17(19-15)18-12-8-6-11(7-9-12)16(21)22/h1-10H,(H,21,22)(H,18,19,20)/b3-1+,14-5-. The van der Waals surface area contributed by atoms with E-state index in [1.54, 1.807) is 42.7 Å². The first kappa shape index (κ1) is 15.8. The highest BCUT2D eigenvalue weighted by Crippen LogP contribution is 2.26. The number of amides is 1. The molecule has 0 aliphatic carbocycles. The van der Waals surface area contributed by atoms with Crippen LogP contribution in [0.3, 0.4) is 0 Å². The molecule has 24 heavy (non-hydrogen) atoms. The van der Waals surface area contributed by atoms with Crippen molar-refractivity contribution >= 4 is 40.6 Å². The Morgan fingerprint density at radius 1 is 1.25 bits per heavy atom. The Bertz CT molecular complexity index is 849. The molecule has 0 saturated carbocycles. The van der Waals surface area contributed by atoms with Crippen LogP contribution >= 0.6 is 11.8 Å². The van der Waals surface area contributed by atoms with Crippen LogP contribution < -0.4 is 5.32 Å². The van der Waals surface area contributed by atoms with Gasteiger partial charge < -0.3 is 14.8 Å². The molecule has 2 aromatic rings. The topological polar surface area (TPSA) is 91.9 Å². The fourth-order valence-corrected chi connectivity index (χ4v) is 2.70. The Morgan fingerprint density at radius 3 is 2.71 bits per heavy atom. The Balaban J connectivity index is 1.70. The summed E-state index contributed by atoms with van der Waals surface area (Å²) < 4.78 is 5.16. The second-order valence-corrected chi connectivity index (χ2v) is 5.76. The Labute approximate surface area is 141 Å². The maximum absolute atomic E-state index is 11.9. The number of hydrogen-bond donors (Lipinski definition) is 2. The summed E-state index contributed by atoms with van der Waals surface area (Å²) in [5.74, 6) is -0.529. The van der Waals surface area contributed by atoms with Crippen molar-refractivity contribution in [2.75, 3.05) is 0 Å². The van der Waals surface area contributed by atoms with Gasteiger partial charge in [-0.1, -0.05) is 6.08 Å². The number of amidine groups is 1. The quantitative estimate of drug-likeness (QED) is 0.832. The van der Waals surface area contributed by atoms with Gasteiger partial charge in [-0.25, -0.2) is 9.79 Å². The highest BCUT2D eigenvalue weighted by molar-refractivity contribution is 8.18. The molecule has 1 aliphatic rings. The van der Waals surface area contributed by atoms with Crippen LogP contribution in [0.25, 0.3) is 6.08 Å². The first-order valence-corrected chi connectivity index (χ1v) is 7.76. The van der Waals surface area contributed by atoms with Gasteiger partial charge in [0.15, 0.2) is 5.17 Å². The lowest BCUT2D eigenvalue weighted by atomic mass is 10.2. The number of carboxylic acid groups (broad SMARTS) is 1. The second kappa shape index (κ2) is 7.01. The number of carbonyl (C=O) groups excluding carboxylic acids is 1. The van der Waals surface area contributed by atoms with Gasteiger partial charge in [-0.05, 0) is 60.3 Å². The summed E-state index contributed by atoms with van der Waals surface area (Å²) in [6.45, 7) is 0. The van der Waals surface area contributed by atoms with Gasteiger partial charge in [0.25, 0.3) is 5.91 Å². The predicted octanol–water partition coefficient (Wildman–Crippen LogP) is 3.43. The fraction of sp³-hybridized carbons (Fsp3) is 0. The number of carboxylic acids is 1. The number of rotatable bonds is 4. The summed E-state index contributed by atoms with van der Waals surface area (Å²) >= 11 is 1.21. The molecular formula is C17H12N2O4S. The maximum Gasteiger partial charge on any atom is 0.335 e. The summed E-state index contributed by atoms with van der Waals surface area (Å²) in [5, 5.41) is 12.0. The molecular weight excluding hydrogens is 328 g/mol. The molecule has 0 atom stereocenters. The lowest BCUT2D eigenvalue weighted by molar-refractivity contribution is -0.115. The van der Waals surface area contributed by atoms with Crippen molar-refractivity contribution in [1.82, 2.24) is 5.32 Å². The summed E-state index contributed by atoms with van der Waals surface area (Å²) in [6.07, 6.45) is 6.73. The van der Waals surface area contributed by atoms with E-state index in [1.807, 2.05) is 6.07 Å². The summed E-state index contributed by atoms with van der Waals surface area (Å²) in [4.78, 5) is 27.5. The van der Waals surface area contributed by atoms with Crippen LogP contribution in [0.5, 0.6) is 0 Å². The Morgan fingerprint density at radius 2 is 2.04 bits per heavy atom. The highest BCUT2D eigenvalue weighted by Gasteiger charge is 2.23. The zero-order valence-corrected chi connectivity index (χ0v) is 13.1. The van der Waals surface area contributed by atoms with Gasteiger partial charge in [0.1, 0.15) is 5.76 Å². The van der Waals surface area contributed by atoms with Crippen molar-refractivity contribution in [2.45, 2.75) is 0 Å². The molecule has 3 rings (SSSR count). The molecule has 120 valence electrons. The molecule has 7 heteroatoms. The lowest BCUT2D eigenvalue weighted by Crippen LogP contribution is -2.19. The van der Waals surface area contributed by atoms with E-state index in [4.69, 9.17) is 9.52 Å². The average molecular weight is 340 g/mol. The minimum Gasteiger partial charge on any atom is -0.478 e. The molecule has 1 aliphatic heterocycles. The molecule has 1 saturated heterocycles. The van der Waals surface area contributed by atoms with Crippen molar-refractivity contribution in [1.29, 1.82) is 0 Å². The maximum atomic E-state index is 11.9. The van der Waals surface area contributed by atoms with Crippen LogP contribution in [-0.2, 0) is 4.79 Å². The number of nitrogens with one attached hydrogen (secondary N) is 1. The molecule has 1 aromatic carbocycles. The second-order valence-electron chi connectivity index (χ2n) is 4.73. The third-order valence-corrected chi connectivity index (χ3v) is 3.98. The minimum absolute atomic E-state index is 0.186. The minimum atomic E-state index is -0.994. The van der Waals surface area contributed by atoms with E-state index in [-0.39, 0.29) is 11.5 Å². The largest absolute Gasteiger partial charge is 0.478 e. The molecule has 2 heterocycles. The molecule has 2 N–H and O–H groups in total. The van der Waals surface area contributed by atoms with Gasteiger partial charge in [-0.3, -0.25) is 4.79 Å². The number of carbonyl (C=O) groups is 2. The van der Waals surface area contributed by atoms with Gasteiger partial charge >= 0.3 is 5.97 Å². The van der Waals surface area contributed by atoms with Crippen LogP contribution in [0.1, 0.15) is 16.1 Å². The first-order valence-electron chi connectivity index (χ1n) is 6.95. The Hall–Kier alpha value is -3.06. The number of nitrogens with zero attached hydrogens (tertiary/aromatic N) is 1. The normalized spacial score (nSPS) is 17.8. The van der Waals surface area contributed by atoms with E-state index in [0.29, 0.717) is 21.5 Å². The van der Waals surface area contributed by atoms with Gasteiger partial charge in [-0.2, -0.15) is 0 Å². The van der Waals surface area contributed by atoms with Crippen LogP contribution in [0.15, 0.2) is 69.1 Å². The van der Waals surface area contributed by atoms with Crippen molar-refractivity contribution in [3.63, 3.8) is 0 Å². The number of allylic oxidation sites excluding steroid dienone is 2. The average Bonchev–Trinajstić information content (AvgIpc) is 3.18. The van der Waals surface area contributed by atoms with Gasteiger partial charge in [0.2, 0.25) is 0 Å². The van der Waals surface area contributed by atoms with Gasteiger partial charge in [0, 0.05) is 0 Å². The monoisotopic (exact) mass is 340 g/mol. The molecule has 6 nitrogen and oxygen atoms in total. The zero-order valence-electron chi connectivity index (χ0n) is 12.3. The third-order valence-electron chi connectivity index (χ3n) is 3.05. The van der Waals surface area contributed by atoms with Gasteiger partial charge in [-0.15, -0.1) is 0 Å². The van der Waals surface area contributed by atoms with E-state index in [1.165, 1.54) is 23.9 Å². The van der Waals surface area contributed by atoms with Crippen molar-refractivity contribution in [3.8, 4) is 0 Å². The summed E-state index contributed by atoms with van der Waals surface area (Å²) in [5.41, 5.74) is 0.751. The van der Waals surface area contributed by atoms with Crippen LogP contribution in [0.2, 0.25) is 0 Å². The number of aliphatic imine (C=N–C) groups is 1. The number of hydrogen-bond acceptors (Lipinski definition) is 5. The van der Waals surface area contributed by atoms with Crippen LogP contribution in [-0.4, -0.2) is 22.2 Å². The highest BCUT2D eigenvalue weighted by atomic mass is 32.2. The van der Waals surface area contributed by atoms with E-state index in [9.17, 15) is 9.59 Å². The van der Waals surface area contributed by atoms with Gasteiger partial charge in [0.05, 0.1) is 22.4 Å². The molecule has 0 bridgehead atoms. The third kappa shape index (κ3) is 3.82. The van der Waals surface area contributed by atoms with E-state index < -0.39 is 5.97 Å². The fourth-order valence-electron chi connectivity index (χ4n) is 1.91. The molecule has 0 radical (unpaired) electrons. The molecule has 0 unspecified atom stereocenters. The molecule has 0 spiro atoms. The SMILES string of the molecule is O=C1NC(=Nc2ccc(C(=O)O)cc2)S/C1=C\C=C\c1ccco1. The van der Waals surface area contributed by atoms with E-state index in [0.717, 1.165) is 0 Å². The molecule has 1 aromatic heterocycles. The van der Waals surface area contributed by atoms with Crippen molar-refractivity contribution < 1.29 is 19.1 Å². The number of benzene rings is 1.